The zero-order valence-corrected chi connectivity index (χ0v) is 12.5. The first-order valence-corrected chi connectivity index (χ1v) is 8.00. The van der Waals surface area contributed by atoms with Gasteiger partial charge in [0.1, 0.15) is 0 Å². The number of rotatable bonds is 5. The van der Waals surface area contributed by atoms with Gasteiger partial charge in [0.05, 0.1) is 6.54 Å². The lowest BCUT2D eigenvalue weighted by atomic mass is 9.99. The van der Waals surface area contributed by atoms with Crippen molar-refractivity contribution in [1.29, 1.82) is 0 Å². The van der Waals surface area contributed by atoms with Crippen molar-refractivity contribution < 1.29 is 4.52 Å². The van der Waals surface area contributed by atoms with E-state index in [1.54, 1.807) is 11.3 Å². The number of hydrogen-bond donors (Lipinski definition) is 1. The second-order valence-electron chi connectivity index (χ2n) is 5.43. The molecule has 2 aromatic heterocycles. The summed E-state index contributed by atoms with van der Waals surface area (Å²) in [7, 11) is 2.11. The molecule has 1 atom stereocenters. The Labute approximate surface area is 123 Å². The molecule has 1 unspecified atom stereocenters. The lowest BCUT2D eigenvalue weighted by Gasteiger charge is -2.26. The summed E-state index contributed by atoms with van der Waals surface area (Å²) in [6.07, 6.45) is 2.59. The summed E-state index contributed by atoms with van der Waals surface area (Å²) in [6, 6.07) is 2.01. The van der Waals surface area contributed by atoms with E-state index in [0.717, 1.165) is 31.1 Å². The highest BCUT2D eigenvalue weighted by Gasteiger charge is 2.17. The molecule has 0 amide bonds. The van der Waals surface area contributed by atoms with Gasteiger partial charge in [-0.2, -0.15) is 16.3 Å². The van der Waals surface area contributed by atoms with E-state index in [2.05, 4.69) is 27.4 Å². The minimum atomic E-state index is 0.689. The van der Waals surface area contributed by atoms with Crippen molar-refractivity contribution in [3.05, 3.63) is 22.7 Å². The molecule has 108 valence electrons. The maximum atomic E-state index is 5.33. The third kappa shape index (κ3) is 3.45. The Kier molecular flexibility index (Phi) is 4.44. The van der Waals surface area contributed by atoms with Gasteiger partial charge in [-0.3, -0.25) is 4.90 Å². The average molecular weight is 292 g/mol. The van der Waals surface area contributed by atoms with E-state index in [4.69, 9.17) is 4.52 Å². The monoisotopic (exact) mass is 292 g/mol. The minimum absolute atomic E-state index is 0.689. The summed E-state index contributed by atoms with van der Waals surface area (Å²) in [4.78, 5) is 6.72. The molecular formula is C14H20N4OS. The van der Waals surface area contributed by atoms with Gasteiger partial charge in [-0.1, -0.05) is 5.16 Å². The quantitative estimate of drug-likeness (QED) is 0.916. The van der Waals surface area contributed by atoms with E-state index in [1.165, 1.54) is 12.8 Å². The Hall–Kier alpha value is -1.24. The largest absolute Gasteiger partial charge is 0.338 e. The van der Waals surface area contributed by atoms with Crippen molar-refractivity contribution in [3.8, 4) is 11.4 Å². The van der Waals surface area contributed by atoms with Crippen LogP contribution in [0.5, 0.6) is 0 Å². The molecule has 1 saturated heterocycles. The first-order valence-electron chi connectivity index (χ1n) is 7.05. The molecule has 0 aliphatic carbocycles. The summed E-state index contributed by atoms with van der Waals surface area (Å²) in [6.45, 7) is 4.07. The molecule has 0 aromatic carbocycles. The molecular weight excluding hydrogens is 272 g/mol. The summed E-state index contributed by atoms with van der Waals surface area (Å²) in [5.41, 5.74) is 1.03. The minimum Gasteiger partial charge on any atom is -0.338 e. The SMILES string of the molecule is CN(Cc1nc(-c2ccsc2)no1)CC1CCCNC1. The van der Waals surface area contributed by atoms with E-state index in [0.29, 0.717) is 18.3 Å². The van der Waals surface area contributed by atoms with E-state index >= 15 is 0 Å². The van der Waals surface area contributed by atoms with Crippen molar-refractivity contribution >= 4 is 11.3 Å². The normalized spacial score (nSPS) is 19.6. The maximum Gasteiger partial charge on any atom is 0.241 e. The smallest absolute Gasteiger partial charge is 0.241 e. The number of aromatic nitrogens is 2. The highest BCUT2D eigenvalue weighted by Crippen LogP contribution is 2.19. The van der Waals surface area contributed by atoms with Gasteiger partial charge < -0.3 is 9.84 Å². The highest BCUT2D eigenvalue weighted by atomic mass is 32.1. The zero-order valence-electron chi connectivity index (χ0n) is 11.7. The molecule has 1 aliphatic rings. The summed E-state index contributed by atoms with van der Waals surface area (Å²) in [5, 5.41) is 11.5. The van der Waals surface area contributed by atoms with E-state index in [-0.39, 0.29) is 0 Å². The molecule has 3 rings (SSSR count). The third-order valence-corrected chi connectivity index (χ3v) is 4.30. The Morgan fingerprint density at radius 2 is 2.50 bits per heavy atom. The molecule has 6 heteroatoms. The van der Waals surface area contributed by atoms with Gasteiger partial charge in [0.25, 0.3) is 0 Å². The third-order valence-electron chi connectivity index (χ3n) is 3.62. The van der Waals surface area contributed by atoms with Crippen LogP contribution in [-0.2, 0) is 6.54 Å². The fraction of sp³-hybridized carbons (Fsp3) is 0.571. The summed E-state index contributed by atoms with van der Waals surface area (Å²) >= 11 is 1.64. The Bertz CT molecular complexity index is 519. The molecule has 1 aliphatic heterocycles. The molecule has 0 saturated carbocycles. The van der Waals surface area contributed by atoms with Crippen molar-refractivity contribution in [1.82, 2.24) is 20.4 Å². The molecule has 5 nitrogen and oxygen atoms in total. The fourth-order valence-corrected chi connectivity index (χ4v) is 3.28. The van der Waals surface area contributed by atoms with Crippen molar-refractivity contribution in [2.24, 2.45) is 5.92 Å². The predicted octanol–water partition coefficient (Wildman–Crippen LogP) is 2.23. The number of nitrogens with one attached hydrogen (secondary N) is 1. The van der Waals surface area contributed by atoms with E-state index in [1.807, 2.05) is 16.8 Å². The van der Waals surface area contributed by atoms with Gasteiger partial charge in [0.15, 0.2) is 0 Å². The molecule has 0 spiro atoms. The highest BCUT2D eigenvalue weighted by molar-refractivity contribution is 7.08. The second-order valence-corrected chi connectivity index (χ2v) is 6.21. The standard InChI is InChI=1S/C14H20N4OS/c1-18(8-11-3-2-5-15-7-11)9-13-16-14(17-19-13)12-4-6-20-10-12/h4,6,10-11,15H,2-3,5,7-9H2,1H3. The number of piperidine rings is 1. The maximum absolute atomic E-state index is 5.33. The molecule has 1 N–H and O–H groups in total. The molecule has 0 bridgehead atoms. The van der Waals surface area contributed by atoms with Gasteiger partial charge in [-0.25, -0.2) is 0 Å². The van der Waals surface area contributed by atoms with Crippen LogP contribution in [0.2, 0.25) is 0 Å². The lowest BCUT2D eigenvalue weighted by molar-refractivity contribution is 0.213. The first-order chi connectivity index (χ1) is 9.81. The fourth-order valence-electron chi connectivity index (χ4n) is 2.64. The van der Waals surface area contributed by atoms with Crippen LogP contribution in [0.4, 0.5) is 0 Å². The summed E-state index contributed by atoms with van der Waals surface area (Å²) in [5.74, 6) is 2.11. The van der Waals surface area contributed by atoms with Gasteiger partial charge in [-0.15, -0.1) is 0 Å². The van der Waals surface area contributed by atoms with Crippen LogP contribution in [0.3, 0.4) is 0 Å². The number of thiophene rings is 1. The van der Waals surface area contributed by atoms with Gasteiger partial charge in [0, 0.05) is 17.5 Å². The topological polar surface area (TPSA) is 54.2 Å². The molecule has 3 heterocycles. The van der Waals surface area contributed by atoms with Crippen LogP contribution in [0.25, 0.3) is 11.4 Å². The van der Waals surface area contributed by atoms with Gasteiger partial charge in [0.2, 0.25) is 11.7 Å². The molecule has 20 heavy (non-hydrogen) atoms. The first kappa shape index (κ1) is 13.7. The zero-order chi connectivity index (χ0) is 13.8. The second kappa shape index (κ2) is 6.47. The Morgan fingerprint density at radius 1 is 1.55 bits per heavy atom. The van der Waals surface area contributed by atoms with Crippen LogP contribution in [0, 0.1) is 5.92 Å². The van der Waals surface area contributed by atoms with E-state index < -0.39 is 0 Å². The predicted molar refractivity (Wildman–Crippen MR) is 79.5 cm³/mol. The van der Waals surface area contributed by atoms with Crippen LogP contribution in [0.15, 0.2) is 21.3 Å². The Morgan fingerprint density at radius 3 is 3.25 bits per heavy atom. The van der Waals surface area contributed by atoms with Crippen LogP contribution in [0.1, 0.15) is 18.7 Å². The molecule has 0 radical (unpaired) electrons. The van der Waals surface area contributed by atoms with Crippen molar-refractivity contribution in [3.63, 3.8) is 0 Å². The van der Waals surface area contributed by atoms with Crippen molar-refractivity contribution in [2.45, 2.75) is 19.4 Å². The van der Waals surface area contributed by atoms with Gasteiger partial charge >= 0.3 is 0 Å². The van der Waals surface area contributed by atoms with Crippen LogP contribution < -0.4 is 5.32 Å². The summed E-state index contributed by atoms with van der Waals surface area (Å²) < 4.78 is 5.33. The number of nitrogens with zero attached hydrogens (tertiary/aromatic N) is 3. The number of hydrogen-bond acceptors (Lipinski definition) is 6. The van der Waals surface area contributed by atoms with Crippen LogP contribution in [-0.4, -0.2) is 41.7 Å². The van der Waals surface area contributed by atoms with Gasteiger partial charge in [-0.05, 0) is 50.3 Å². The Balaban J connectivity index is 1.54. The van der Waals surface area contributed by atoms with E-state index in [9.17, 15) is 0 Å². The van der Waals surface area contributed by atoms with Crippen LogP contribution >= 0.6 is 11.3 Å². The molecule has 1 fully saturated rings. The van der Waals surface area contributed by atoms with Crippen molar-refractivity contribution in [2.75, 3.05) is 26.7 Å². The average Bonchev–Trinajstić information content (AvgIpc) is 3.10. The lowest BCUT2D eigenvalue weighted by Crippen LogP contribution is -2.36. The molecule has 2 aromatic rings.